The fraction of sp³-hybridized carbons (Fsp3) is 0.143. The maximum absolute atomic E-state index is 12.4. The minimum atomic E-state index is -4.34. The quantitative estimate of drug-likeness (QED) is 0.939. The summed E-state index contributed by atoms with van der Waals surface area (Å²) in [5, 5.41) is 0. The highest BCUT2D eigenvalue weighted by molar-refractivity contribution is 5.92. The Kier molecular flexibility index (Phi) is 3.74. The van der Waals surface area contributed by atoms with Gasteiger partial charge in [0.2, 0.25) is 5.91 Å². The number of alkyl halides is 3. The molecular formula is C14H11F3N2O. The van der Waals surface area contributed by atoms with E-state index >= 15 is 0 Å². The molecular weight excluding hydrogens is 269 g/mol. The van der Waals surface area contributed by atoms with Crippen LogP contribution in [-0.4, -0.2) is 10.9 Å². The average molecular weight is 280 g/mol. The largest absolute Gasteiger partial charge is 0.416 e. The Bertz CT molecular complexity index is 621. The minimum Gasteiger partial charge on any atom is -0.366 e. The van der Waals surface area contributed by atoms with Crippen LogP contribution in [0.25, 0.3) is 0 Å². The van der Waals surface area contributed by atoms with E-state index in [-0.39, 0.29) is 0 Å². The lowest BCUT2D eigenvalue weighted by molar-refractivity contribution is -0.137. The number of benzene rings is 1. The molecule has 2 aromatic rings. The number of nitrogens with two attached hydrogens (primary N) is 1. The topological polar surface area (TPSA) is 56.0 Å². The van der Waals surface area contributed by atoms with Gasteiger partial charge >= 0.3 is 6.18 Å². The first-order valence-corrected chi connectivity index (χ1v) is 5.77. The number of carbonyl (C=O) groups is 1. The van der Waals surface area contributed by atoms with E-state index in [1.165, 1.54) is 30.5 Å². The van der Waals surface area contributed by atoms with Gasteiger partial charge in [-0.15, -0.1) is 0 Å². The highest BCUT2D eigenvalue weighted by atomic mass is 19.4. The highest BCUT2D eigenvalue weighted by Gasteiger charge is 2.29. The molecule has 0 radical (unpaired) electrons. The van der Waals surface area contributed by atoms with E-state index in [2.05, 4.69) is 4.98 Å². The van der Waals surface area contributed by atoms with Crippen molar-refractivity contribution >= 4 is 5.91 Å². The van der Waals surface area contributed by atoms with E-state index in [0.717, 1.165) is 12.1 Å². The zero-order chi connectivity index (χ0) is 14.8. The molecule has 0 saturated carbocycles. The van der Waals surface area contributed by atoms with Crippen molar-refractivity contribution in [3.63, 3.8) is 0 Å². The molecule has 0 aliphatic heterocycles. The summed E-state index contributed by atoms with van der Waals surface area (Å²) in [7, 11) is 0. The lowest BCUT2D eigenvalue weighted by atomic mass is 10.1. The van der Waals surface area contributed by atoms with Crippen molar-refractivity contribution in [3.8, 4) is 0 Å². The first-order chi connectivity index (χ1) is 9.36. The standard InChI is InChI=1S/C14H11F3N2O/c15-14(16,17)11-3-1-9(2-4-11)7-12-8-10(13(18)20)5-6-19-12/h1-6,8H,7H2,(H2,18,20). The number of carbonyl (C=O) groups excluding carboxylic acids is 1. The predicted octanol–water partition coefficient (Wildman–Crippen LogP) is 2.79. The zero-order valence-corrected chi connectivity index (χ0v) is 10.3. The van der Waals surface area contributed by atoms with Crippen molar-refractivity contribution in [2.45, 2.75) is 12.6 Å². The van der Waals surface area contributed by atoms with Gasteiger partial charge in [0.1, 0.15) is 0 Å². The second-order valence-electron chi connectivity index (χ2n) is 4.27. The monoisotopic (exact) mass is 280 g/mol. The van der Waals surface area contributed by atoms with Crippen LogP contribution in [0.5, 0.6) is 0 Å². The van der Waals surface area contributed by atoms with Crippen LogP contribution in [0.4, 0.5) is 13.2 Å². The van der Waals surface area contributed by atoms with Crippen molar-refractivity contribution in [1.82, 2.24) is 4.98 Å². The maximum Gasteiger partial charge on any atom is 0.416 e. The smallest absolute Gasteiger partial charge is 0.366 e. The molecule has 1 aromatic heterocycles. The van der Waals surface area contributed by atoms with E-state index in [0.29, 0.717) is 23.2 Å². The summed E-state index contributed by atoms with van der Waals surface area (Å²) < 4.78 is 37.3. The molecule has 1 aromatic carbocycles. The summed E-state index contributed by atoms with van der Waals surface area (Å²) in [6.45, 7) is 0. The van der Waals surface area contributed by atoms with Gasteiger partial charge < -0.3 is 5.73 Å². The van der Waals surface area contributed by atoms with E-state index in [9.17, 15) is 18.0 Å². The normalized spacial score (nSPS) is 11.3. The molecule has 2 N–H and O–H groups in total. The first kappa shape index (κ1) is 14.0. The summed E-state index contributed by atoms with van der Waals surface area (Å²) in [5.74, 6) is -0.568. The van der Waals surface area contributed by atoms with Crippen LogP contribution >= 0.6 is 0 Å². The highest BCUT2D eigenvalue weighted by Crippen LogP contribution is 2.29. The molecule has 0 atom stereocenters. The molecule has 1 heterocycles. The second-order valence-corrected chi connectivity index (χ2v) is 4.27. The second kappa shape index (κ2) is 5.32. The molecule has 1 amide bonds. The summed E-state index contributed by atoms with van der Waals surface area (Å²) >= 11 is 0. The van der Waals surface area contributed by atoms with Crippen LogP contribution in [0.3, 0.4) is 0 Å². The Morgan fingerprint density at radius 3 is 2.35 bits per heavy atom. The number of nitrogens with zero attached hydrogens (tertiary/aromatic N) is 1. The number of primary amides is 1. The van der Waals surface area contributed by atoms with Gasteiger partial charge in [0.15, 0.2) is 0 Å². The number of hydrogen-bond acceptors (Lipinski definition) is 2. The number of halogens is 3. The van der Waals surface area contributed by atoms with Crippen LogP contribution in [0, 0.1) is 0 Å². The summed E-state index contributed by atoms with van der Waals surface area (Å²) in [5.41, 5.74) is 6.02. The molecule has 0 aliphatic rings. The molecule has 20 heavy (non-hydrogen) atoms. The summed E-state index contributed by atoms with van der Waals surface area (Å²) in [6.07, 6.45) is -2.57. The van der Waals surface area contributed by atoms with Gasteiger partial charge in [0.05, 0.1) is 5.56 Å². The van der Waals surface area contributed by atoms with Gasteiger partial charge in [0.25, 0.3) is 0 Å². The molecule has 0 unspecified atom stereocenters. The Morgan fingerprint density at radius 2 is 1.80 bits per heavy atom. The van der Waals surface area contributed by atoms with E-state index in [4.69, 9.17) is 5.73 Å². The lowest BCUT2D eigenvalue weighted by Crippen LogP contribution is -2.11. The maximum atomic E-state index is 12.4. The molecule has 0 spiro atoms. The molecule has 2 rings (SSSR count). The first-order valence-electron chi connectivity index (χ1n) is 5.77. The number of aromatic nitrogens is 1. The summed E-state index contributed by atoms with van der Waals surface area (Å²) in [4.78, 5) is 15.1. The van der Waals surface area contributed by atoms with Gasteiger partial charge in [-0.3, -0.25) is 9.78 Å². The molecule has 0 saturated heterocycles. The van der Waals surface area contributed by atoms with Crippen LogP contribution in [-0.2, 0) is 12.6 Å². The number of hydrogen-bond donors (Lipinski definition) is 1. The third kappa shape index (κ3) is 3.34. The van der Waals surface area contributed by atoms with Crippen LogP contribution in [0.15, 0.2) is 42.6 Å². The van der Waals surface area contributed by atoms with Crippen molar-refractivity contribution in [2.24, 2.45) is 5.73 Å². The van der Waals surface area contributed by atoms with Crippen molar-refractivity contribution in [3.05, 3.63) is 65.0 Å². The Hall–Kier alpha value is -2.37. The number of amides is 1. The van der Waals surface area contributed by atoms with Crippen LogP contribution in [0.2, 0.25) is 0 Å². The van der Waals surface area contributed by atoms with E-state index in [1.54, 1.807) is 0 Å². The van der Waals surface area contributed by atoms with Gasteiger partial charge in [-0.05, 0) is 29.8 Å². The Labute approximate surface area is 113 Å². The molecule has 0 fully saturated rings. The van der Waals surface area contributed by atoms with E-state index < -0.39 is 17.6 Å². The summed E-state index contributed by atoms with van der Waals surface area (Å²) in [6, 6.07) is 7.84. The molecule has 0 bridgehead atoms. The van der Waals surface area contributed by atoms with Crippen molar-refractivity contribution in [1.29, 1.82) is 0 Å². The third-order valence-electron chi connectivity index (χ3n) is 2.77. The van der Waals surface area contributed by atoms with E-state index in [1.807, 2.05) is 0 Å². The molecule has 6 heteroatoms. The third-order valence-corrected chi connectivity index (χ3v) is 2.77. The van der Waals surface area contributed by atoms with Crippen LogP contribution < -0.4 is 5.73 Å². The number of rotatable bonds is 3. The Morgan fingerprint density at radius 1 is 1.15 bits per heavy atom. The van der Waals surface area contributed by atoms with Crippen LogP contribution in [0.1, 0.15) is 27.2 Å². The fourth-order valence-corrected chi connectivity index (χ4v) is 1.75. The van der Waals surface area contributed by atoms with Crippen molar-refractivity contribution < 1.29 is 18.0 Å². The lowest BCUT2D eigenvalue weighted by Gasteiger charge is -2.07. The molecule has 0 aliphatic carbocycles. The molecule has 104 valence electrons. The van der Waals surface area contributed by atoms with Gasteiger partial charge in [-0.2, -0.15) is 13.2 Å². The van der Waals surface area contributed by atoms with Gasteiger partial charge in [0, 0.05) is 23.9 Å². The molecule has 3 nitrogen and oxygen atoms in total. The minimum absolute atomic E-state index is 0.321. The Balaban J connectivity index is 2.18. The van der Waals surface area contributed by atoms with Gasteiger partial charge in [-0.25, -0.2) is 0 Å². The number of pyridine rings is 1. The predicted molar refractivity (Wildman–Crippen MR) is 67.0 cm³/mol. The fourth-order valence-electron chi connectivity index (χ4n) is 1.75. The average Bonchev–Trinajstić information content (AvgIpc) is 2.38. The zero-order valence-electron chi connectivity index (χ0n) is 10.3. The van der Waals surface area contributed by atoms with Crippen molar-refractivity contribution in [2.75, 3.05) is 0 Å². The van der Waals surface area contributed by atoms with Gasteiger partial charge in [-0.1, -0.05) is 12.1 Å². The SMILES string of the molecule is NC(=O)c1ccnc(Cc2ccc(C(F)(F)F)cc2)c1.